The number of nitrogens with zero attached hydrogens (tertiary/aromatic N) is 2. The Bertz CT molecular complexity index is 1370. The van der Waals surface area contributed by atoms with E-state index in [9.17, 15) is 14.4 Å². The molecule has 3 aromatic rings. The molecule has 0 saturated heterocycles. The summed E-state index contributed by atoms with van der Waals surface area (Å²) in [5.74, 6) is -0.860. The summed E-state index contributed by atoms with van der Waals surface area (Å²) in [5.41, 5.74) is 13.1. The molecule has 1 saturated carbocycles. The van der Waals surface area contributed by atoms with Gasteiger partial charge in [0.15, 0.2) is 17.2 Å². The SMILES string of the molecule is COc1ccc(C(C(=O)NC2CCCCC2)N(C(=O)c2snc(C(N)=O)c2N)c2ccccc2C)cc1OC. The van der Waals surface area contributed by atoms with Crippen LogP contribution in [0.1, 0.15) is 69.4 Å². The van der Waals surface area contributed by atoms with Crippen molar-refractivity contribution < 1.29 is 23.9 Å². The van der Waals surface area contributed by atoms with Crippen LogP contribution in [0.4, 0.5) is 11.4 Å². The lowest BCUT2D eigenvalue weighted by molar-refractivity contribution is -0.123. The van der Waals surface area contributed by atoms with Gasteiger partial charge in [-0.1, -0.05) is 43.5 Å². The van der Waals surface area contributed by atoms with E-state index in [2.05, 4.69) is 9.69 Å². The van der Waals surface area contributed by atoms with Crippen LogP contribution < -0.4 is 31.2 Å². The topological polar surface area (TPSA) is 150 Å². The first-order valence-corrected chi connectivity index (χ1v) is 13.5. The highest BCUT2D eigenvalue weighted by Gasteiger charge is 2.37. The maximum Gasteiger partial charge on any atom is 0.273 e. The molecular weight excluding hydrogens is 518 g/mol. The summed E-state index contributed by atoms with van der Waals surface area (Å²) in [7, 11) is 3.03. The molecule has 206 valence electrons. The number of benzene rings is 2. The third-order valence-electron chi connectivity index (χ3n) is 6.93. The summed E-state index contributed by atoms with van der Waals surface area (Å²) >= 11 is 0.772. The van der Waals surface area contributed by atoms with Crippen molar-refractivity contribution in [3.63, 3.8) is 0 Å². The molecule has 39 heavy (non-hydrogen) atoms. The predicted molar refractivity (Wildman–Crippen MR) is 150 cm³/mol. The van der Waals surface area contributed by atoms with Gasteiger partial charge in [-0.2, -0.15) is 4.37 Å². The van der Waals surface area contributed by atoms with Crippen LogP contribution in [0.3, 0.4) is 0 Å². The second-order valence-corrected chi connectivity index (χ2v) is 10.2. The molecule has 0 radical (unpaired) electrons. The van der Waals surface area contributed by atoms with Crippen molar-refractivity contribution in [1.29, 1.82) is 0 Å². The molecule has 3 amide bonds. The molecule has 5 N–H and O–H groups in total. The highest BCUT2D eigenvalue weighted by atomic mass is 32.1. The number of carbonyl (C=O) groups excluding carboxylic acids is 3. The Morgan fingerprint density at radius 2 is 1.74 bits per heavy atom. The lowest BCUT2D eigenvalue weighted by Gasteiger charge is -2.34. The van der Waals surface area contributed by atoms with E-state index < -0.39 is 17.9 Å². The molecule has 10 nitrogen and oxygen atoms in total. The van der Waals surface area contributed by atoms with Crippen LogP contribution in [0.2, 0.25) is 0 Å². The number of nitrogens with one attached hydrogen (secondary N) is 1. The van der Waals surface area contributed by atoms with Crippen LogP contribution in [-0.4, -0.2) is 42.4 Å². The zero-order chi connectivity index (χ0) is 28.1. The molecule has 0 bridgehead atoms. The van der Waals surface area contributed by atoms with Gasteiger partial charge in [0.2, 0.25) is 5.91 Å². The molecule has 1 fully saturated rings. The van der Waals surface area contributed by atoms with Crippen molar-refractivity contribution in [2.45, 2.75) is 51.1 Å². The third kappa shape index (κ3) is 5.83. The summed E-state index contributed by atoms with van der Waals surface area (Å²) < 4.78 is 14.9. The van der Waals surface area contributed by atoms with Gasteiger partial charge in [0.25, 0.3) is 11.8 Å². The molecular formula is C28H33N5O5S. The van der Waals surface area contributed by atoms with Gasteiger partial charge in [-0.05, 0) is 60.6 Å². The van der Waals surface area contributed by atoms with Gasteiger partial charge < -0.3 is 26.3 Å². The molecule has 1 heterocycles. The monoisotopic (exact) mass is 551 g/mol. The first-order chi connectivity index (χ1) is 18.8. The van der Waals surface area contributed by atoms with E-state index in [1.54, 1.807) is 30.3 Å². The van der Waals surface area contributed by atoms with Crippen LogP contribution >= 0.6 is 11.5 Å². The van der Waals surface area contributed by atoms with Gasteiger partial charge in [-0.3, -0.25) is 19.3 Å². The van der Waals surface area contributed by atoms with Gasteiger partial charge >= 0.3 is 0 Å². The Kier molecular flexibility index (Phi) is 8.70. The maximum absolute atomic E-state index is 14.3. The van der Waals surface area contributed by atoms with Crippen LogP contribution in [0.15, 0.2) is 42.5 Å². The number of nitrogens with two attached hydrogens (primary N) is 2. The summed E-state index contributed by atoms with van der Waals surface area (Å²) in [6.07, 6.45) is 4.92. The molecule has 1 aromatic heterocycles. The zero-order valence-electron chi connectivity index (χ0n) is 22.2. The quantitative estimate of drug-likeness (QED) is 0.364. The predicted octanol–water partition coefficient (Wildman–Crippen LogP) is 3.99. The Balaban J connectivity index is 1.90. The number of anilines is 2. The number of aromatic nitrogens is 1. The molecule has 1 aliphatic rings. The van der Waals surface area contributed by atoms with E-state index in [0.717, 1.165) is 49.2 Å². The molecule has 2 aromatic carbocycles. The first kappa shape index (κ1) is 27.9. The standard InChI is InChI=1S/C28H33N5O5S/c1-16-9-7-8-12-19(16)33(28(36)25-22(29)23(26(30)34)32-39-25)24(27(35)31-18-10-5-4-6-11-18)17-13-14-20(37-2)21(15-17)38-3/h7-9,12-15,18,24H,4-6,10-11,29H2,1-3H3,(H2,30,34)(H,31,35). The smallest absolute Gasteiger partial charge is 0.273 e. The van der Waals surface area contributed by atoms with E-state index in [1.165, 1.54) is 19.1 Å². The second kappa shape index (κ2) is 12.2. The van der Waals surface area contributed by atoms with E-state index in [-0.39, 0.29) is 28.2 Å². The van der Waals surface area contributed by atoms with E-state index in [0.29, 0.717) is 22.7 Å². The Morgan fingerprint density at radius 3 is 2.36 bits per heavy atom. The number of para-hydroxylation sites is 1. The number of nitrogen functional groups attached to an aromatic ring is 1. The number of carbonyl (C=O) groups is 3. The number of methoxy groups -OCH3 is 2. The molecule has 4 rings (SSSR count). The average molecular weight is 552 g/mol. The Hall–Kier alpha value is -4.12. The minimum atomic E-state index is -1.10. The zero-order valence-corrected chi connectivity index (χ0v) is 23.0. The summed E-state index contributed by atoms with van der Waals surface area (Å²) in [5, 5.41) is 3.18. The number of hydrogen-bond donors (Lipinski definition) is 3. The summed E-state index contributed by atoms with van der Waals surface area (Å²) in [6, 6.07) is 11.3. The van der Waals surface area contributed by atoms with Crippen molar-refractivity contribution in [3.8, 4) is 11.5 Å². The van der Waals surface area contributed by atoms with E-state index in [1.807, 2.05) is 19.1 Å². The third-order valence-corrected chi connectivity index (χ3v) is 7.78. The number of amides is 3. The van der Waals surface area contributed by atoms with Gasteiger partial charge in [0.05, 0.1) is 19.9 Å². The largest absolute Gasteiger partial charge is 0.493 e. The van der Waals surface area contributed by atoms with Gasteiger partial charge in [-0.15, -0.1) is 0 Å². The number of hydrogen-bond acceptors (Lipinski definition) is 8. The number of primary amides is 1. The number of aryl methyl sites for hydroxylation is 1. The van der Waals surface area contributed by atoms with Crippen molar-refractivity contribution in [2.24, 2.45) is 5.73 Å². The molecule has 0 aliphatic heterocycles. The Morgan fingerprint density at radius 1 is 1.05 bits per heavy atom. The normalized spacial score (nSPS) is 14.3. The number of rotatable bonds is 9. The van der Waals surface area contributed by atoms with Gasteiger partial charge in [-0.25, -0.2) is 0 Å². The lowest BCUT2D eigenvalue weighted by Crippen LogP contribution is -2.47. The fourth-order valence-electron chi connectivity index (χ4n) is 4.91. The van der Waals surface area contributed by atoms with Crippen LogP contribution in [-0.2, 0) is 4.79 Å². The number of ether oxygens (including phenoxy) is 2. The fourth-order valence-corrected chi connectivity index (χ4v) is 5.65. The summed E-state index contributed by atoms with van der Waals surface area (Å²) in [6.45, 7) is 1.85. The van der Waals surface area contributed by atoms with Crippen LogP contribution in [0.25, 0.3) is 0 Å². The van der Waals surface area contributed by atoms with E-state index in [4.69, 9.17) is 20.9 Å². The molecule has 0 spiro atoms. The molecule has 1 atom stereocenters. The Labute approximate surface area is 231 Å². The van der Waals surface area contributed by atoms with Gasteiger partial charge in [0.1, 0.15) is 10.9 Å². The minimum absolute atomic E-state index is 0.00217. The van der Waals surface area contributed by atoms with Crippen molar-refractivity contribution in [2.75, 3.05) is 24.9 Å². The second-order valence-electron chi connectivity index (χ2n) is 9.46. The highest BCUT2D eigenvalue weighted by molar-refractivity contribution is 7.09. The average Bonchev–Trinajstić information content (AvgIpc) is 3.33. The first-order valence-electron chi connectivity index (χ1n) is 12.7. The highest BCUT2D eigenvalue weighted by Crippen LogP contribution is 2.38. The van der Waals surface area contributed by atoms with Crippen molar-refractivity contribution in [1.82, 2.24) is 9.69 Å². The molecule has 1 unspecified atom stereocenters. The fraction of sp³-hybridized carbons (Fsp3) is 0.357. The van der Waals surface area contributed by atoms with Crippen LogP contribution in [0.5, 0.6) is 11.5 Å². The van der Waals surface area contributed by atoms with Crippen LogP contribution in [0, 0.1) is 6.92 Å². The van der Waals surface area contributed by atoms with Crippen molar-refractivity contribution in [3.05, 3.63) is 64.2 Å². The van der Waals surface area contributed by atoms with Gasteiger partial charge in [0, 0.05) is 11.7 Å². The molecule has 11 heteroatoms. The lowest BCUT2D eigenvalue weighted by atomic mass is 9.94. The van der Waals surface area contributed by atoms with E-state index >= 15 is 0 Å². The minimum Gasteiger partial charge on any atom is -0.493 e. The maximum atomic E-state index is 14.3. The van der Waals surface area contributed by atoms with Crippen molar-refractivity contribution >= 4 is 40.6 Å². The summed E-state index contributed by atoms with van der Waals surface area (Å²) in [4.78, 5) is 41.7. The molecule has 1 aliphatic carbocycles.